The molecule has 0 bridgehead atoms. The van der Waals surface area contributed by atoms with Crippen LogP contribution in [0.15, 0.2) is 67.1 Å². The van der Waals surface area contributed by atoms with Gasteiger partial charge in [0, 0.05) is 24.3 Å². The lowest BCUT2D eigenvalue weighted by molar-refractivity contribution is 0.880. The second kappa shape index (κ2) is 8.63. The molecule has 0 aliphatic heterocycles. The predicted molar refractivity (Wildman–Crippen MR) is 94.6 cm³/mol. The molecule has 0 saturated heterocycles. The van der Waals surface area contributed by atoms with Gasteiger partial charge >= 0.3 is 0 Å². The van der Waals surface area contributed by atoms with Gasteiger partial charge in [0.25, 0.3) is 0 Å². The molecule has 0 aliphatic carbocycles. The Balaban J connectivity index is 0.000000924. The highest BCUT2D eigenvalue weighted by Crippen LogP contribution is 2.23. The van der Waals surface area contributed by atoms with Gasteiger partial charge in [-0.05, 0) is 37.3 Å². The van der Waals surface area contributed by atoms with Crippen molar-refractivity contribution in [2.24, 2.45) is 0 Å². The van der Waals surface area contributed by atoms with E-state index in [9.17, 15) is 0 Å². The fraction of sp³-hybridized carbons (Fsp3) is 0.211. The number of hydrogen-bond acceptors (Lipinski definition) is 4. The minimum atomic E-state index is 0.633. The number of hydrogen-bond donors (Lipinski definition) is 0. The van der Waals surface area contributed by atoms with E-state index in [0.29, 0.717) is 12.5 Å². The summed E-state index contributed by atoms with van der Waals surface area (Å²) < 4.78 is 0. The zero-order valence-electron chi connectivity index (χ0n) is 13.8. The van der Waals surface area contributed by atoms with E-state index in [1.807, 2.05) is 38.1 Å². The summed E-state index contributed by atoms with van der Waals surface area (Å²) in [5.74, 6) is 0.673. The van der Waals surface area contributed by atoms with Crippen molar-refractivity contribution in [3.63, 3.8) is 0 Å². The first kappa shape index (κ1) is 16.6. The van der Waals surface area contributed by atoms with Gasteiger partial charge in [-0.1, -0.05) is 37.6 Å². The van der Waals surface area contributed by atoms with Gasteiger partial charge < -0.3 is 4.90 Å². The molecule has 2 aromatic heterocycles. The Morgan fingerprint density at radius 2 is 1.43 bits per heavy atom. The first-order valence-corrected chi connectivity index (χ1v) is 7.84. The largest absolute Gasteiger partial charge is 0.305 e. The van der Waals surface area contributed by atoms with E-state index in [-0.39, 0.29) is 0 Å². The van der Waals surface area contributed by atoms with Crippen LogP contribution in [0.3, 0.4) is 0 Å². The maximum absolute atomic E-state index is 4.39. The topological polar surface area (TPSA) is 41.9 Å². The van der Waals surface area contributed by atoms with Crippen LogP contribution in [0.4, 0.5) is 11.6 Å². The van der Waals surface area contributed by atoms with Gasteiger partial charge in [0.1, 0.15) is 0 Å². The molecule has 4 heteroatoms. The smallest absolute Gasteiger partial charge is 0.230 e. The predicted octanol–water partition coefficient (Wildman–Crippen LogP) is 4.54. The number of benzene rings is 1. The van der Waals surface area contributed by atoms with E-state index in [1.165, 1.54) is 5.56 Å². The Labute approximate surface area is 137 Å². The molecule has 0 saturated carbocycles. The molecule has 0 radical (unpaired) electrons. The number of anilines is 2. The van der Waals surface area contributed by atoms with Crippen LogP contribution in [0.5, 0.6) is 0 Å². The molecule has 0 aliphatic rings. The summed E-state index contributed by atoms with van der Waals surface area (Å²) in [6, 6.07) is 16.1. The summed E-state index contributed by atoms with van der Waals surface area (Å²) in [7, 11) is 0. The van der Waals surface area contributed by atoms with Crippen LogP contribution in [0.25, 0.3) is 0 Å². The summed E-state index contributed by atoms with van der Waals surface area (Å²) in [4.78, 5) is 15.2. The first-order valence-electron chi connectivity index (χ1n) is 7.84. The molecule has 3 aromatic rings. The molecule has 1 aromatic carbocycles. The SMILES string of the molecule is CC.Cc1ccc(N(Cc2ccccn2)c2ncccn2)cc1. The van der Waals surface area contributed by atoms with Crippen molar-refractivity contribution in [3.05, 3.63) is 78.4 Å². The van der Waals surface area contributed by atoms with Crippen molar-refractivity contribution in [1.82, 2.24) is 15.0 Å². The standard InChI is InChI=1S/C17H16N4.C2H6/c1-14-6-8-16(9-7-14)21(17-19-11-4-12-20-17)13-15-5-2-3-10-18-15;1-2/h2-12H,13H2,1H3;1-2H3. The normalized spacial score (nSPS) is 9.70. The molecule has 0 N–H and O–H groups in total. The highest BCUT2D eigenvalue weighted by atomic mass is 15.3. The minimum Gasteiger partial charge on any atom is -0.305 e. The van der Waals surface area contributed by atoms with Crippen molar-refractivity contribution in [2.75, 3.05) is 4.90 Å². The lowest BCUT2D eigenvalue weighted by Crippen LogP contribution is -2.19. The minimum absolute atomic E-state index is 0.633. The zero-order chi connectivity index (χ0) is 16.5. The van der Waals surface area contributed by atoms with E-state index in [2.05, 4.69) is 51.0 Å². The third-order valence-corrected chi connectivity index (χ3v) is 3.19. The van der Waals surface area contributed by atoms with Crippen molar-refractivity contribution < 1.29 is 0 Å². The molecule has 0 fully saturated rings. The lowest BCUT2D eigenvalue weighted by atomic mass is 10.2. The second-order valence-corrected chi connectivity index (χ2v) is 4.79. The summed E-state index contributed by atoms with van der Waals surface area (Å²) in [6.45, 7) is 6.71. The van der Waals surface area contributed by atoms with Crippen LogP contribution >= 0.6 is 0 Å². The monoisotopic (exact) mass is 306 g/mol. The molecular formula is C19H22N4. The fourth-order valence-electron chi connectivity index (χ4n) is 2.09. The second-order valence-electron chi connectivity index (χ2n) is 4.79. The molecule has 0 atom stereocenters. The molecule has 0 unspecified atom stereocenters. The van der Waals surface area contributed by atoms with Crippen LogP contribution in [-0.2, 0) is 6.54 Å². The van der Waals surface area contributed by atoms with Gasteiger partial charge in [-0.2, -0.15) is 0 Å². The van der Waals surface area contributed by atoms with Crippen LogP contribution in [0.1, 0.15) is 25.1 Å². The van der Waals surface area contributed by atoms with Gasteiger partial charge in [-0.3, -0.25) is 4.98 Å². The fourth-order valence-corrected chi connectivity index (χ4v) is 2.09. The first-order chi connectivity index (χ1) is 11.3. The Morgan fingerprint density at radius 3 is 2.04 bits per heavy atom. The van der Waals surface area contributed by atoms with Gasteiger partial charge in [-0.15, -0.1) is 0 Å². The third kappa shape index (κ3) is 4.61. The molecule has 2 heterocycles. The number of pyridine rings is 1. The summed E-state index contributed by atoms with van der Waals surface area (Å²) in [6.07, 6.45) is 5.30. The quantitative estimate of drug-likeness (QED) is 0.709. The highest BCUT2D eigenvalue weighted by molar-refractivity contribution is 5.57. The van der Waals surface area contributed by atoms with Crippen molar-refractivity contribution >= 4 is 11.6 Å². The van der Waals surface area contributed by atoms with E-state index in [4.69, 9.17) is 0 Å². The molecule has 4 nitrogen and oxygen atoms in total. The van der Waals surface area contributed by atoms with E-state index < -0.39 is 0 Å². The summed E-state index contributed by atoms with van der Waals surface area (Å²) in [5.41, 5.74) is 3.26. The molecule has 0 amide bonds. The van der Waals surface area contributed by atoms with Gasteiger partial charge in [0.15, 0.2) is 0 Å². The van der Waals surface area contributed by atoms with Crippen molar-refractivity contribution in [1.29, 1.82) is 0 Å². The van der Waals surface area contributed by atoms with Crippen molar-refractivity contribution in [3.8, 4) is 0 Å². The third-order valence-electron chi connectivity index (χ3n) is 3.19. The van der Waals surface area contributed by atoms with E-state index in [1.54, 1.807) is 18.6 Å². The Morgan fingerprint density at radius 1 is 0.783 bits per heavy atom. The Bertz CT molecular complexity index is 682. The number of nitrogens with zero attached hydrogens (tertiary/aromatic N) is 4. The maximum Gasteiger partial charge on any atom is 0.230 e. The van der Waals surface area contributed by atoms with Gasteiger partial charge in [-0.25, -0.2) is 9.97 Å². The Hall–Kier alpha value is -2.75. The zero-order valence-corrected chi connectivity index (χ0v) is 13.8. The summed E-state index contributed by atoms with van der Waals surface area (Å²) >= 11 is 0. The average Bonchev–Trinajstić information content (AvgIpc) is 2.64. The van der Waals surface area contributed by atoms with Gasteiger partial charge in [0.05, 0.1) is 12.2 Å². The Kier molecular flexibility index (Phi) is 6.24. The van der Waals surface area contributed by atoms with Crippen LogP contribution in [0, 0.1) is 6.92 Å². The lowest BCUT2D eigenvalue weighted by Gasteiger charge is -2.22. The number of aromatic nitrogens is 3. The maximum atomic E-state index is 4.39. The van der Waals surface area contributed by atoms with E-state index in [0.717, 1.165) is 11.4 Å². The highest BCUT2D eigenvalue weighted by Gasteiger charge is 2.12. The molecule has 23 heavy (non-hydrogen) atoms. The number of rotatable bonds is 4. The summed E-state index contributed by atoms with van der Waals surface area (Å²) in [5, 5.41) is 0. The molecule has 0 spiro atoms. The van der Waals surface area contributed by atoms with E-state index >= 15 is 0 Å². The van der Waals surface area contributed by atoms with Gasteiger partial charge in [0.2, 0.25) is 5.95 Å². The van der Waals surface area contributed by atoms with Crippen molar-refractivity contribution in [2.45, 2.75) is 27.3 Å². The average molecular weight is 306 g/mol. The van der Waals surface area contributed by atoms with Crippen LogP contribution in [0.2, 0.25) is 0 Å². The van der Waals surface area contributed by atoms with Crippen LogP contribution < -0.4 is 4.90 Å². The molecule has 3 rings (SSSR count). The number of aryl methyl sites for hydroxylation is 1. The van der Waals surface area contributed by atoms with Crippen LogP contribution in [-0.4, -0.2) is 15.0 Å². The molecular weight excluding hydrogens is 284 g/mol. The molecule has 118 valence electrons.